The van der Waals surface area contributed by atoms with Gasteiger partial charge < -0.3 is 4.74 Å². The van der Waals surface area contributed by atoms with Crippen LogP contribution in [-0.4, -0.2) is 5.97 Å². The van der Waals surface area contributed by atoms with Crippen molar-refractivity contribution >= 4 is 139 Å². The van der Waals surface area contributed by atoms with Gasteiger partial charge in [-0.3, -0.25) is 18.5 Å². The summed E-state index contributed by atoms with van der Waals surface area (Å²) in [7, 11) is 0. The molecule has 0 unspecified atom stereocenters. The van der Waals surface area contributed by atoms with Gasteiger partial charge >= 0.3 is 5.97 Å². The van der Waals surface area contributed by atoms with Crippen LogP contribution in [0.4, 0.5) is 0 Å². The van der Waals surface area contributed by atoms with E-state index in [1.807, 2.05) is 0 Å². The number of carbonyl (C=O) groups is 1. The van der Waals surface area contributed by atoms with Gasteiger partial charge in [0.25, 0.3) is 17.5 Å². The van der Waals surface area contributed by atoms with E-state index in [0.717, 1.165) is 12.3 Å². The summed E-state index contributed by atoms with van der Waals surface area (Å²) in [5.74, 6) is -13.9. The SMILES string of the molecule is CC(=O)Oc1cc2cccc3ccc4c(P(=O)(Cl)Cl)c(P(=O)(Cl)Cl)c(P(=O)(Cl)Cl)c1c4c32. The predicted molar refractivity (Wildman–Crippen MR) is 138 cm³/mol. The average Bonchev–Trinajstić information content (AvgIpc) is 2.62. The van der Waals surface area contributed by atoms with Crippen molar-refractivity contribution in [3.8, 4) is 5.75 Å². The summed E-state index contributed by atoms with van der Waals surface area (Å²) in [5.41, 5.74) is 0. The van der Waals surface area contributed by atoms with Crippen LogP contribution in [0.3, 0.4) is 0 Å². The van der Waals surface area contributed by atoms with Crippen molar-refractivity contribution in [3.63, 3.8) is 0 Å². The molecule has 5 nitrogen and oxygen atoms in total. The zero-order valence-electron chi connectivity index (χ0n) is 15.6. The molecule has 32 heavy (non-hydrogen) atoms. The van der Waals surface area contributed by atoms with E-state index in [2.05, 4.69) is 0 Å². The van der Waals surface area contributed by atoms with Gasteiger partial charge in [0, 0.05) is 17.7 Å². The van der Waals surface area contributed by atoms with Crippen LogP contribution in [0.15, 0.2) is 36.4 Å². The number of ether oxygens (including phenoxy) is 1. The van der Waals surface area contributed by atoms with Crippen molar-refractivity contribution in [1.82, 2.24) is 0 Å². The van der Waals surface area contributed by atoms with Gasteiger partial charge in [0.15, 0.2) is 0 Å². The Hall–Kier alpha value is -0.180. The van der Waals surface area contributed by atoms with Crippen molar-refractivity contribution in [2.75, 3.05) is 0 Å². The highest BCUT2D eigenvalue weighted by atomic mass is 35.9. The fourth-order valence-corrected chi connectivity index (χ4v) is 12.6. The van der Waals surface area contributed by atoms with Gasteiger partial charge in [-0.15, -0.1) is 0 Å². The van der Waals surface area contributed by atoms with Crippen LogP contribution in [0, 0.1) is 0 Å². The van der Waals surface area contributed by atoms with Crippen LogP contribution >= 0.6 is 85.0 Å². The minimum absolute atomic E-state index is 0.0186. The summed E-state index contributed by atoms with van der Waals surface area (Å²) in [6.07, 6.45) is 0. The van der Waals surface area contributed by atoms with Crippen molar-refractivity contribution in [3.05, 3.63) is 36.4 Å². The lowest BCUT2D eigenvalue weighted by Gasteiger charge is -2.24. The molecular formula is C18H9Cl6O5P3. The molecule has 4 aromatic carbocycles. The molecule has 0 saturated carbocycles. The molecule has 168 valence electrons. The first-order chi connectivity index (χ1) is 14.6. The van der Waals surface area contributed by atoms with E-state index in [1.54, 1.807) is 24.3 Å². The molecule has 0 heterocycles. The van der Waals surface area contributed by atoms with Crippen molar-refractivity contribution < 1.29 is 23.2 Å². The van der Waals surface area contributed by atoms with Gasteiger partial charge in [-0.25, -0.2) is 0 Å². The zero-order chi connectivity index (χ0) is 23.8. The van der Waals surface area contributed by atoms with Crippen LogP contribution in [-0.2, 0) is 18.5 Å². The Balaban J connectivity index is 2.53. The molecule has 0 N–H and O–H groups in total. The summed E-state index contributed by atoms with van der Waals surface area (Å²) in [5, 5.41) is 0.932. The van der Waals surface area contributed by atoms with Crippen LogP contribution in [0.25, 0.3) is 32.3 Å². The molecule has 0 saturated heterocycles. The molecule has 0 radical (unpaired) electrons. The fourth-order valence-electron chi connectivity index (χ4n) is 3.91. The monoisotopic (exact) mass is 608 g/mol. The van der Waals surface area contributed by atoms with Gasteiger partial charge in [-0.2, -0.15) is 0 Å². The maximum Gasteiger partial charge on any atom is 0.308 e. The highest BCUT2D eigenvalue weighted by Crippen LogP contribution is 2.66. The van der Waals surface area contributed by atoms with Crippen LogP contribution in [0.1, 0.15) is 6.92 Å². The Morgan fingerprint density at radius 3 is 1.81 bits per heavy atom. The minimum Gasteiger partial charge on any atom is -0.426 e. The molecule has 0 amide bonds. The highest BCUT2D eigenvalue weighted by molar-refractivity contribution is 8.20. The number of carbonyl (C=O) groups excluding carboxylic acids is 1. The maximum atomic E-state index is 13.1. The van der Waals surface area contributed by atoms with Crippen molar-refractivity contribution in [2.24, 2.45) is 0 Å². The minimum atomic E-state index is -4.44. The average molecular weight is 611 g/mol. The first kappa shape index (κ1) is 24.9. The Bertz CT molecular complexity index is 1590. The molecule has 0 atom stereocenters. The van der Waals surface area contributed by atoms with Gasteiger partial charge in [0.1, 0.15) is 5.75 Å². The van der Waals surface area contributed by atoms with E-state index in [9.17, 15) is 18.5 Å². The Morgan fingerprint density at radius 2 is 1.28 bits per heavy atom. The molecule has 0 bridgehead atoms. The van der Waals surface area contributed by atoms with E-state index in [1.165, 1.54) is 12.1 Å². The summed E-state index contributed by atoms with van der Waals surface area (Å²) in [6, 6.07) is 10.1. The number of hydrogen-bond acceptors (Lipinski definition) is 5. The second-order valence-electron chi connectivity index (χ2n) is 6.84. The van der Waals surface area contributed by atoms with Gasteiger partial charge in [0.2, 0.25) is 0 Å². The number of rotatable bonds is 4. The molecule has 0 aliphatic carbocycles. The number of esters is 1. The predicted octanol–water partition coefficient (Wildman–Crippen LogP) is 8.40. The topological polar surface area (TPSA) is 77.5 Å². The third-order valence-corrected chi connectivity index (χ3v) is 11.2. The lowest BCUT2D eigenvalue weighted by molar-refractivity contribution is -0.131. The third kappa shape index (κ3) is 4.20. The zero-order valence-corrected chi connectivity index (χ0v) is 22.8. The largest absolute Gasteiger partial charge is 0.426 e. The quantitative estimate of drug-likeness (QED) is 0.100. The summed E-state index contributed by atoms with van der Waals surface area (Å²) >= 11 is 36.3. The Kier molecular flexibility index (Phi) is 6.39. The van der Waals surface area contributed by atoms with Crippen LogP contribution < -0.4 is 20.7 Å². The van der Waals surface area contributed by atoms with Gasteiger partial charge in [0.05, 0.1) is 15.9 Å². The smallest absolute Gasteiger partial charge is 0.308 e. The van der Waals surface area contributed by atoms with E-state index in [4.69, 9.17) is 72.2 Å². The molecule has 4 aromatic rings. The van der Waals surface area contributed by atoms with Crippen LogP contribution in [0.5, 0.6) is 5.75 Å². The molecule has 0 aliphatic rings. The Morgan fingerprint density at radius 1 is 0.719 bits per heavy atom. The second-order valence-corrected chi connectivity index (χ2v) is 21.1. The van der Waals surface area contributed by atoms with E-state index < -0.39 is 34.1 Å². The number of benzene rings is 4. The van der Waals surface area contributed by atoms with Gasteiger partial charge in [-0.05, 0) is 95.1 Å². The van der Waals surface area contributed by atoms with E-state index in [-0.39, 0.29) is 21.8 Å². The highest BCUT2D eigenvalue weighted by Gasteiger charge is 2.42. The van der Waals surface area contributed by atoms with Crippen molar-refractivity contribution in [2.45, 2.75) is 6.92 Å². The number of hydrogen-bond donors (Lipinski definition) is 0. The van der Waals surface area contributed by atoms with Gasteiger partial charge in [-0.1, -0.05) is 30.3 Å². The Labute approximate surface area is 210 Å². The number of halogens is 6. The second kappa shape index (κ2) is 8.20. The maximum absolute atomic E-state index is 13.1. The molecule has 14 heteroatoms. The molecule has 4 rings (SSSR count). The van der Waals surface area contributed by atoms with E-state index in [0.29, 0.717) is 16.2 Å². The fraction of sp³-hybridized carbons (Fsp3) is 0.0556. The lowest BCUT2D eigenvalue weighted by Crippen LogP contribution is -2.34. The molecule has 0 aromatic heterocycles. The lowest BCUT2D eigenvalue weighted by atomic mass is 9.93. The standard InChI is InChI=1S/C18H9Cl6O5P3/c1-8(25)29-12-7-10-4-2-3-9-5-6-11-14(13(9)10)15(12)17(31(21,22)27)18(32(23,24)28)16(11)30(19,20)26/h2-7H,1H3. The summed E-state index contributed by atoms with van der Waals surface area (Å²) < 4.78 is 44.5. The third-order valence-electron chi connectivity index (χ3n) is 4.84. The van der Waals surface area contributed by atoms with E-state index >= 15 is 0 Å². The van der Waals surface area contributed by atoms with Crippen molar-refractivity contribution in [1.29, 1.82) is 0 Å². The molecule has 0 spiro atoms. The molecule has 0 aliphatic heterocycles. The van der Waals surface area contributed by atoms with Crippen LogP contribution in [0.2, 0.25) is 0 Å². The summed E-state index contributed by atoms with van der Waals surface area (Å²) in [6.45, 7) is 1.16. The molecular weight excluding hydrogens is 602 g/mol. The molecule has 0 fully saturated rings. The normalized spacial score (nSPS) is 13.3. The summed E-state index contributed by atoms with van der Waals surface area (Å²) in [4.78, 5) is 11.9. The first-order valence-electron chi connectivity index (χ1n) is 8.58. The first-order valence-corrected chi connectivity index (χ1v) is 19.1.